The Kier molecular flexibility index (Phi) is 4.20. The summed E-state index contributed by atoms with van der Waals surface area (Å²) in [6.45, 7) is -0.439. The van der Waals surface area contributed by atoms with Gasteiger partial charge in [0.05, 0.1) is 20.1 Å². The first kappa shape index (κ1) is 14.9. The molecule has 0 amide bonds. The first-order chi connectivity index (χ1) is 9.92. The minimum absolute atomic E-state index is 0.133. The minimum atomic E-state index is -4.33. The van der Waals surface area contributed by atoms with Crippen LogP contribution in [-0.4, -0.2) is 39.2 Å². The molecule has 0 fully saturated rings. The smallest absolute Gasteiger partial charge is 0.390 e. The third kappa shape index (κ3) is 3.56. The number of halogens is 3. The second-order valence-corrected chi connectivity index (χ2v) is 4.10. The monoisotopic (exact) mass is 300 g/mol. The van der Waals surface area contributed by atoms with E-state index in [2.05, 4.69) is 20.0 Å². The van der Waals surface area contributed by atoms with Gasteiger partial charge < -0.3 is 4.74 Å². The molecule has 0 bridgehead atoms. The predicted molar refractivity (Wildman–Crippen MR) is 65.3 cm³/mol. The highest BCUT2D eigenvalue weighted by atomic mass is 19.4. The fourth-order valence-corrected chi connectivity index (χ4v) is 1.73. The standard InChI is InChI=1S/C12H11F3N4O2/c1-21-11(20)9-10(8-2-5-16-6-3-8)19(18-17-9)7-4-12(13,14)15/h2-3,5-6H,4,7H2,1H3. The Bertz CT molecular complexity index is 625. The molecule has 21 heavy (non-hydrogen) atoms. The Labute approximate surface area is 117 Å². The van der Waals surface area contributed by atoms with E-state index in [1.54, 1.807) is 12.1 Å². The van der Waals surface area contributed by atoms with Gasteiger partial charge in [0.25, 0.3) is 0 Å². The van der Waals surface area contributed by atoms with Gasteiger partial charge in [-0.15, -0.1) is 5.10 Å². The molecule has 0 aromatic carbocycles. The molecule has 2 heterocycles. The average molecular weight is 300 g/mol. The van der Waals surface area contributed by atoms with Crippen LogP contribution in [0.4, 0.5) is 13.2 Å². The Morgan fingerprint density at radius 2 is 2.00 bits per heavy atom. The number of hydrogen-bond acceptors (Lipinski definition) is 5. The molecule has 112 valence electrons. The molecule has 0 aliphatic heterocycles. The molecule has 0 unspecified atom stereocenters. The number of pyridine rings is 1. The number of aromatic nitrogens is 4. The molecule has 6 nitrogen and oxygen atoms in total. The zero-order valence-corrected chi connectivity index (χ0v) is 11.0. The summed E-state index contributed by atoms with van der Waals surface area (Å²) in [5, 5.41) is 7.22. The Balaban J connectivity index is 2.42. The summed E-state index contributed by atoms with van der Waals surface area (Å²) >= 11 is 0. The summed E-state index contributed by atoms with van der Waals surface area (Å²) in [4.78, 5) is 15.5. The minimum Gasteiger partial charge on any atom is -0.464 e. The lowest BCUT2D eigenvalue weighted by atomic mass is 10.1. The first-order valence-electron chi connectivity index (χ1n) is 5.91. The largest absolute Gasteiger partial charge is 0.464 e. The topological polar surface area (TPSA) is 69.9 Å². The van der Waals surface area contributed by atoms with Crippen LogP contribution in [-0.2, 0) is 11.3 Å². The van der Waals surface area contributed by atoms with Crippen molar-refractivity contribution in [2.45, 2.75) is 19.1 Å². The lowest BCUT2D eigenvalue weighted by Gasteiger charge is -2.09. The van der Waals surface area contributed by atoms with E-state index in [-0.39, 0.29) is 11.4 Å². The molecular formula is C12H11F3N4O2. The van der Waals surface area contributed by atoms with E-state index in [0.29, 0.717) is 5.56 Å². The molecule has 0 atom stereocenters. The third-order valence-corrected chi connectivity index (χ3v) is 2.67. The van der Waals surface area contributed by atoms with E-state index in [4.69, 9.17) is 0 Å². The Hall–Kier alpha value is -2.45. The van der Waals surface area contributed by atoms with Crippen LogP contribution in [0.3, 0.4) is 0 Å². The van der Waals surface area contributed by atoms with E-state index in [0.717, 1.165) is 11.8 Å². The van der Waals surface area contributed by atoms with Crippen molar-refractivity contribution in [3.05, 3.63) is 30.2 Å². The zero-order valence-electron chi connectivity index (χ0n) is 11.0. The fraction of sp³-hybridized carbons (Fsp3) is 0.333. The molecule has 0 saturated carbocycles. The lowest BCUT2D eigenvalue weighted by molar-refractivity contribution is -0.137. The lowest BCUT2D eigenvalue weighted by Crippen LogP contribution is -2.14. The highest BCUT2D eigenvalue weighted by Gasteiger charge is 2.29. The number of carbonyl (C=O) groups excluding carboxylic acids is 1. The molecular weight excluding hydrogens is 289 g/mol. The summed E-state index contributed by atoms with van der Waals surface area (Å²) in [6.07, 6.45) is -2.49. The fourth-order valence-electron chi connectivity index (χ4n) is 1.73. The van der Waals surface area contributed by atoms with Gasteiger partial charge in [-0.1, -0.05) is 5.21 Å². The maximum absolute atomic E-state index is 12.3. The molecule has 0 aliphatic carbocycles. The van der Waals surface area contributed by atoms with E-state index in [1.807, 2.05) is 0 Å². The summed E-state index contributed by atoms with van der Waals surface area (Å²) in [6, 6.07) is 3.10. The molecule has 0 N–H and O–H groups in total. The molecule has 0 aliphatic rings. The summed E-state index contributed by atoms with van der Waals surface area (Å²) in [5.74, 6) is -0.764. The number of ether oxygens (including phenoxy) is 1. The molecule has 0 radical (unpaired) electrons. The van der Waals surface area contributed by atoms with Crippen LogP contribution in [0, 0.1) is 0 Å². The Morgan fingerprint density at radius 3 is 2.57 bits per heavy atom. The Morgan fingerprint density at radius 1 is 1.33 bits per heavy atom. The SMILES string of the molecule is COC(=O)c1nnn(CCC(F)(F)F)c1-c1ccncc1. The molecule has 0 saturated heterocycles. The average Bonchev–Trinajstić information content (AvgIpc) is 2.88. The van der Waals surface area contributed by atoms with Crippen LogP contribution < -0.4 is 0 Å². The van der Waals surface area contributed by atoms with E-state index in [1.165, 1.54) is 12.4 Å². The van der Waals surface area contributed by atoms with Gasteiger partial charge in [0.2, 0.25) is 0 Å². The number of rotatable bonds is 4. The van der Waals surface area contributed by atoms with Crippen molar-refractivity contribution in [2.24, 2.45) is 0 Å². The summed E-state index contributed by atoms with van der Waals surface area (Å²) < 4.78 is 42.6. The number of methoxy groups -OCH3 is 1. The van der Waals surface area contributed by atoms with Crippen molar-refractivity contribution in [1.82, 2.24) is 20.0 Å². The molecule has 2 aromatic heterocycles. The maximum atomic E-state index is 12.3. The van der Waals surface area contributed by atoms with E-state index >= 15 is 0 Å². The van der Waals surface area contributed by atoms with Crippen molar-refractivity contribution in [3.63, 3.8) is 0 Å². The number of aryl methyl sites for hydroxylation is 1. The van der Waals surface area contributed by atoms with Gasteiger partial charge in [-0.25, -0.2) is 9.48 Å². The quantitative estimate of drug-likeness (QED) is 0.809. The van der Waals surface area contributed by atoms with Crippen molar-refractivity contribution in [3.8, 4) is 11.3 Å². The van der Waals surface area contributed by atoms with Gasteiger partial charge in [0, 0.05) is 18.0 Å². The van der Waals surface area contributed by atoms with Crippen LogP contribution in [0.25, 0.3) is 11.3 Å². The second-order valence-electron chi connectivity index (χ2n) is 4.10. The van der Waals surface area contributed by atoms with Crippen molar-refractivity contribution in [1.29, 1.82) is 0 Å². The third-order valence-electron chi connectivity index (χ3n) is 2.67. The summed E-state index contributed by atoms with van der Waals surface area (Å²) in [7, 11) is 1.16. The van der Waals surface area contributed by atoms with Crippen LogP contribution in [0.1, 0.15) is 16.9 Å². The highest BCUT2D eigenvalue weighted by Crippen LogP contribution is 2.25. The van der Waals surface area contributed by atoms with Gasteiger partial charge in [0.15, 0.2) is 5.69 Å². The first-order valence-corrected chi connectivity index (χ1v) is 5.91. The van der Waals surface area contributed by atoms with Crippen molar-refractivity contribution < 1.29 is 22.7 Å². The van der Waals surface area contributed by atoms with Gasteiger partial charge in [-0.05, 0) is 12.1 Å². The number of nitrogens with zero attached hydrogens (tertiary/aromatic N) is 4. The van der Waals surface area contributed by atoms with E-state index < -0.39 is 25.1 Å². The molecule has 0 spiro atoms. The molecule has 2 rings (SSSR count). The van der Waals surface area contributed by atoms with E-state index in [9.17, 15) is 18.0 Å². The van der Waals surface area contributed by atoms with Crippen molar-refractivity contribution >= 4 is 5.97 Å². The van der Waals surface area contributed by atoms with Crippen LogP contribution in [0.5, 0.6) is 0 Å². The zero-order chi connectivity index (χ0) is 15.5. The molecule has 9 heteroatoms. The summed E-state index contributed by atoms with van der Waals surface area (Å²) in [5.41, 5.74) is 0.525. The van der Waals surface area contributed by atoms with Gasteiger partial charge in [-0.3, -0.25) is 4.98 Å². The number of esters is 1. The van der Waals surface area contributed by atoms with Crippen LogP contribution >= 0.6 is 0 Å². The number of hydrogen-bond donors (Lipinski definition) is 0. The number of carbonyl (C=O) groups is 1. The van der Waals surface area contributed by atoms with Crippen molar-refractivity contribution in [2.75, 3.05) is 7.11 Å². The second kappa shape index (κ2) is 5.90. The highest BCUT2D eigenvalue weighted by molar-refractivity contribution is 5.93. The molecule has 2 aromatic rings. The van der Waals surface area contributed by atoms with Crippen LogP contribution in [0.15, 0.2) is 24.5 Å². The number of alkyl halides is 3. The maximum Gasteiger partial charge on any atom is 0.390 e. The normalized spacial score (nSPS) is 11.4. The van der Waals surface area contributed by atoms with Gasteiger partial charge >= 0.3 is 12.1 Å². The van der Waals surface area contributed by atoms with Gasteiger partial charge in [0.1, 0.15) is 5.69 Å². The van der Waals surface area contributed by atoms with Crippen LogP contribution in [0.2, 0.25) is 0 Å². The van der Waals surface area contributed by atoms with Gasteiger partial charge in [-0.2, -0.15) is 13.2 Å². The predicted octanol–water partition coefficient (Wildman–Crippen LogP) is 2.08.